The topological polar surface area (TPSA) is 26.5 Å². The average molecular weight is 396 g/mol. The monoisotopic (exact) mass is 396 g/mol. The zero-order valence-electron chi connectivity index (χ0n) is 15.4. The first-order chi connectivity index (χ1) is 13.6. The van der Waals surface area contributed by atoms with E-state index in [0.717, 1.165) is 21.8 Å². The van der Waals surface area contributed by atoms with Crippen LogP contribution in [0.1, 0.15) is 11.3 Å². The maximum Gasteiger partial charge on any atom is 0.180 e. The Morgan fingerprint density at radius 2 is 1.79 bits per heavy atom. The Bertz CT molecular complexity index is 1140. The SMILES string of the molecule is CSc1cccc(-c2c(C)nc3c(OCc4c(F)cccc4F)cccn23)c1. The molecular weight excluding hydrogens is 378 g/mol. The van der Waals surface area contributed by atoms with E-state index in [9.17, 15) is 8.78 Å². The molecule has 142 valence electrons. The summed E-state index contributed by atoms with van der Waals surface area (Å²) in [6.07, 6.45) is 3.95. The van der Waals surface area contributed by atoms with Crippen molar-refractivity contribution in [2.24, 2.45) is 0 Å². The van der Waals surface area contributed by atoms with E-state index in [4.69, 9.17) is 4.74 Å². The van der Waals surface area contributed by atoms with Crippen molar-refractivity contribution in [3.63, 3.8) is 0 Å². The van der Waals surface area contributed by atoms with Crippen molar-refractivity contribution in [1.29, 1.82) is 0 Å². The van der Waals surface area contributed by atoms with Crippen LogP contribution in [0.25, 0.3) is 16.9 Å². The molecule has 4 aromatic rings. The summed E-state index contributed by atoms with van der Waals surface area (Å²) in [5.41, 5.74) is 3.39. The number of nitrogens with zero attached hydrogens (tertiary/aromatic N) is 2. The van der Waals surface area contributed by atoms with Crippen molar-refractivity contribution >= 4 is 17.4 Å². The predicted octanol–water partition coefficient (Wildman–Crippen LogP) is 5.89. The van der Waals surface area contributed by atoms with Crippen LogP contribution >= 0.6 is 11.8 Å². The number of hydrogen-bond acceptors (Lipinski definition) is 3. The van der Waals surface area contributed by atoms with Crippen LogP contribution in [0.5, 0.6) is 5.75 Å². The van der Waals surface area contributed by atoms with Gasteiger partial charge in [-0.15, -0.1) is 11.8 Å². The number of fused-ring (bicyclic) bond motifs is 1. The highest BCUT2D eigenvalue weighted by molar-refractivity contribution is 7.98. The fourth-order valence-corrected chi connectivity index (χ4v) is 3.67. The van der Waals surface area contributed by atoms with E-state index < -0.39 is 11.6 Å². The molecule has 2 heterocycles. The number of aryl methyl sites for hydroxylation is 1. The van der Waals surface area contributed by atoms with Gasteiger partial charge in [0.05, 0.1) is 17.0 Å². The molecule has 3 nitrogen and oxygen atoms in total. The second-order valence-electron chi connectivity index (χ2n) is 6.33. The molecule has 0 atom stereocenters. The lowest BCUT2D eigenvalue weighted by atomic mass is 10.1. The lowest BCUT2D eigenvalue weighted by Crippen LogP contribution is -2.03. The molecule has 0 fully saturated rings. The first-order valence-corrected chi connectivity index (χ1v) is 9.98. The van der Waals surface area contributed by atoms with Crippen LogP contribution in [0, 0.1) is 18.6 Å². The molecule has 0 saturated heterocycles. The summed E-state index contributed by atoms with van der Waals surface area (Å²) in [4.78, 5) is 5.81. The van der Waals surface area contributed by atoms with Crippen LogP contribution in [0.2, 0.25) is 0 Å². The molecule has 0 N–H and O–H groups in total. The van der Waals surface area contributed by atoms with E-state index in [2.05, 4.69) is 17.1 Å². The normalized spacial score (nSPS) is 11.1. The van der Waals surface area contributed by atoms with Crippen molar-refractivity contribution < 1.29 is 13.5 Å². The van der Waals surface area contributed by atoms with E-state index in [-0.39, 0.29) is 12.2 Å². The standard InChI is InChI=1S/C22H18F2N2OS/c1-14-21(15-6-3-7-16(12-15)28-2)26-11-5-10-20(22(26)25-14)27-13-17-18(23)8-4-9-19(17)24/h3-12H,13H2,1-2H3. The number of benzene rings is 2. The fourth-order valence-electron chi connectivity index (χ4n) is 3.21. The Labute approximate surface area is 166 Å². The molecule has 0 aliphatic rings. The summed E-state index contributed by atoms with van der Waals surface area (Å²) in [7, 11) is 0. The van der Waals surface area contributed by atoms with Gasteiger partial charge in [-0.05, 0) is 49.6 Å². The van der Waals surface area contributed by atoms with E-state index in [1.807, 2.05) is 42.0 Å². The number of rotatable bonds is 5. The minimum Gasteiger partial charge on any atom is -0.485 e. The number of hydrogen-bond donors (Lipinski definition) is 0. The quantitative estimate of drug-likeness (QED) is 0.394. The largest absolute Gasteiger partial charge is 0.485 e. The minimum atomic E-state index is -0.624. The van der Waals surface area contributed by atoms with Gasteiger partial charge in [0.1, 0.15) is 18.2 Å². The van der Waals surface area contributed by atoms with Crippen molar-refractivity contribution in [3.05, 3.63) is 83.7 Å². The van der Waals surface area contributed by atoms with E-state index in [0.29, 0.717) is 11.4 Å². The summed E-state index contributed by atoms with van der Waals surface area (Å²) in [5.74, 6) is -0.775. The van der Waals surface area contributed by atoms with E-state index in [1.54, 1.807) is 17.8 Å². The summed E-state index contributed by atoms with van der Waals surface area (Å²) < 4.78 is 35.5. The molecule has 0 aliphatic heterocycles. The van der Waals surface area contributed by atoms with Crippen molar-refractivity contribution in [2.45, 2.75) is 18.4 Å². The average Bonchev–Trinajstić information content (AvgIpc) is 3.04. The molecule has 28 heavy (non-hydrogen) atoms. The zero-order valence-corrected chi connectivity index (χ0v) is 16.3. The molecule has 0 aliphatic carbocycles. The third-order valence-electron chi connectivity index (χ3n) is 4.57. The second-order valence-corrected chi connectivity index (χ2v) is 7.21. The number of imidazole rings is 1. The van der Waals surface area contributed by atoms with Crippen molar-refractivity contribution in [1.82, 2.24) is 9.38 Å². The van der Waals surface area contributed by atoms with Gasteiger partial charge < -0.3 is 4.74 Å². The highest BCUT2D eigenvalue weighted by Crippen LogP contribution is 2.31. The van der Waals surface area contributed by atoms with Gasteiger partial charge in [0.15, 0.2) is 11.4 Å². The lowest BCUT2D eigenvalue weighted by Gasteiger charge is -2.10. The maximum absolute atomic E-state index is 13.9. The highest BCUT2D eigenvalue weighted by atomic mass is 32.2. The number of pyridine rings is 1. The Hall–Kier alpha value is -2.86. The van der Waals surface area contributed by atoms with E-state index >= 15 is 0 Å². The maximum atomic E-state index is 13.9. The van der Waals surface area contributed by atoms with Gasteiger partial charge in [-0.2, -0.15) is 0 Å². The number of halogens is 2. The lowest BCUT2D eigenvalue weighted by molar-refractivity contribution is 0.294. The third-order valence-corrected chi connectivity index (χ3v) is 5.29. The summed E-state index contributed by atoms with van der Waals surface area (Å²) in [5, 5.41) is 0. The fraction of sp³-hybridized carbons (Fsp3) is 0.136. The molecule has 0 amide bonds. The first-order valence-electron chi connectivity index (χ1n) is 8.76. The van der Waals surface area contributed by atoms with Crippen LogP contribution in [-0.4, -0.2) is 15.6 Å². The smallest absolute Gasteiger partial charge is 0.180 e. The summed E-state index contributed by atoms with van der Waals surface area (Å²) in [6, 6.07) is 15.6. The zero-order chi connectivity index (χ0) is 19.7. The molecule has 0 unspecified atom stereocenters. The molecule has 2 aromatic heterocycles. The second kappa shape index (κ2) is 7.64. The van der Waals surface area contributed by atoms with Crippen LogP contribution in [0.4, 0.5) is 8.78 Å². The molecular formula is C22H18F2N2OS. The first kappa shape index (κ1) is 18.5. The van der Waals surface area contributed by atoms with Crippen molar-refractivity contribution in [3.8, 4) is 17.0 Å². The molecule has 0 saturated carbocycles. The molecule has 0 spiro atoms. The molecule has 0 bridgehead atoms. The summed E-state index contributed by atoms with van der Waals surface area (Å²) in [6.45, 7) is 1.73. The highest BCUT2D eigenvalue weighted by Gasteiger charge is 2.16. The van der Waals surface area contributed by atoms with Gasteiger partial charge in [0, 0.05) is 16.7 Å². The minimum absolute atomic E-state index is 0.0966. The molecule has 0 radical (unpaired) electrons. The summed E-state index contributed by atoms with van der Waals surface area (Å²) >= 11 is 1.68. The van der Waals surface area contributed by atoms with Crippen LogP contribution < -0.4 is 4.74 Å². The van der Waals surface area contributed by atoms with Gasteiger partial charge in [-0.3, -0.25) is 4.40 Å². The number of thioether (sulfide) groups is 1. The Balaban J connectivity index is 1.74. The van der Waals surface area contributed by atoms with Crippen LogP contribution in [-0.2, 0) is 6.61 Å². The van der Waals surface area contributed by atoms with Gasteiger partial charge in [0.25, 0.3) is 0 Å². The van der Waals surface area contributed by atoms with E-state index in [1.165, 1.54) is 18.2 Å². The van der Waals surface area contributed by atoms with Gasteiger partial charge in [-0.1, -0.05) is 18.2 Å². The number of ether oxygens (including phenoxy) is 1. The van der Waals surface area contributed by atoms with Gasteiger partial charge in [-0.25, -0.2) is 13.8 Å². The number of aromatic nitrogens is 2. The Kier molecular flexibility index (Phi) is 5.05. The van der Waals surface area contributed by atoms with Crippen LogP contribution in [0.15, 0.2) is 65.7 Å². The van der Waals surface area contributed by atoms with Gasteiger partial charge >= 0.3 is 0 Å². The predicted molar refractivity (Wildman–Crippen MR) is 108 cm³/mol. The Morgan fingerprint density at radius 1 is 1.04 bits per heavy atom. The van der Waals surface area contributed by atoms with Crippen molar-refractivity contribution in [2.75, 3.05) is 6.26 Å². The third kappa shape index (κ3) is 3.36. The van der Waals surface area contributed by atoms with Crippen LogP contribution in [0.3, 0.4) is 0 Å². The Morgan fingerprint density at radius 3 is 2.54 bits per heavy atom. The van der Waals surface area contributed by atoms with Gasteiger partial charge in [0.2, 0.25) is 0 Å². The molecule has 6 heteroatoms. The molecule has 2 aromatic carbocycles. The molecule has 4 rings (SSSR count).